The van der Waals surface area contributed by atoms with E-state index in [1.807, 2.05) is 12.1 Å². The van der Waals surface area contributed by atoms with Crippen molar-refractivity contribution in [1.29, 1.82) is 0 Å². The molecule has 0 spiro atoms. The Bertz CT molecular complexity index is 1000. The zero-order chi connectivity index (χ0) is 18.9. The first-order chi connectivity index (χ1) is 12.2. The largest absolute Gasteiger partial charge is 0.394 e. The summed E-state index contributed by atoms with van der Waals surface area (Å²) in [6.07, 6.45) is -1.11. The van der Waals surface area contributed by atoms with Gasteiger partial charge in [-0.25, -0.2) is 16.8 Å². The van der Waals surface area contributed by atoms with E-state index in [1.165, 1.54) is 12.1 Å². The minimum absolute atomic E-state index is 0.0330. The zero-order valence-corrected chi connectivity index (χ0v) is 15.7. The Morgan fingerprint density at radius 3 is 2.46 bits per heavy atom. The SMILES string of the molecule is O=S1(=O)CC[C@H](N(C[C@@H](O)CO)S(=O)(=O)c2ccc3ccccc3c2)C1. The van der Waals surface area contributed by atoms with Crippen LogP contribution in [0.15, 0.2) is 47.4 Å². The summed E-state index contributed by atoms with van der Waals surface area (Å²) in [4.78, 5) is 0.0330. The number of aliphatic hydroxyl groups excluding tert-OH is 2. The molecule has 2 atom stereocenters. The highest BCUT2D eigenvalue weighted by Crippen LogP contribution is 2.27. The fraction of sp³-hybridized carbons (Fsp3) is 0.412. The summed E-state index contributed by atoms with van der Waals surface area (Å²) in [6, 6.07) is 11.3. The quantitative estimate of drug-likeness (QED) is 0.726. The van der Waals surface area contributed by atoms with E-state index in [0.29, 0.717) is 0 Å². The molecule has 1 aliphatic rings. The predicted molar refractivity (Wildman–Crippen MR) is 98.0 cm³/mol. The average molecular weight is 399 g/mol. The van der Waals surface area contributed by atoms with Gasteiger partial charge in [0, 0.05) is 12.6 Å². The van der Waals surface area contributed by atoms with Crippen molar-refractivity contribution in [2.75, 3.05) is 24.7 Å². The van der Waals surface area contributed by atoms with Crippen LogP contribution in [-0.2, 0) is 19.9 Å². The number of benzene rings is 2. The molecule has 2 N–H and O–H groups in total. The van der Waals surface area contributed by atoms with Crippen LogP contribution in [0.5, 0.6) is 0 Å². The van der Waals surface area contributed by atoms with Crippen LogP contribution >= 0.6 is 0 Å². The van der Waals surface area contributed by atoms with E-state index in [9.17, 15) is 21.9 Å². The molecule has 0 bridgehead atoms. The van der Waals surface area contributed by atoms with Crippen LogP contribution in [0.3, 0.4) is 0 Å². The number of hydrogen-bond acceptors (Lipinski definition) is 6. The number of fused-ring (bicyclic) bond motifs is 1. The van der Waals surface area contributed by atoms with Crippen LogP contribution in [-0.4, -0.2) is 68.2 Å². The molecule has 2 aromatic rings. The van der Waals surface area contributed by atoms with Gasteiger partial charge in [0.1, 0.15) is 0 Å². The van der Waals surface area contributed by atoms with Gasteiger partial charge in [-0.1, -0.05) is 30.3 Å². The maximum absolute atomic E-state index is 13.2. The van der Waals surface area contributed by atoms with Gasteiger partial charge in [0.05, 0.1) is 29.1 Å². The summed E-state index contributed by atoms with van der Waals surface area (Å²) in [5.41, 5.74) is 0. The second kappa shape index (κ2) is 7.24. The van der Waals surface area contributed by atoms with E-state index >= 15 is 0 Å². The van der Waals surface area contributed by atoms with E-state index in [-0.39, 0.29) is 29.4 Å². The monoisotopic (exact) mass is 399 g/mol. The molecule has 26 heavy (non-hydrogen) atoms. The standard InChI is InChI=1S/C17H21NO6S2/c19-11-16(20)10-18(15-7-8-25(21,22)12-15)26(23,24)17-6-5-13-3-1-2-4-14(13)9-17/h1-6,9,15-16,19-20H,7-8,10-12H2/t15-,16+/m0/s1. The summed E-state index contributed by atoms with van der Waals surface area (Å²) >= 11 is 0. The highest BCUT2D eigenvalue weighted by atomic mass is 32.2. The van der Waals surface area contributed by atoms with E-state index < -0.39 is 38.6 Å². The van der Waals surface area contributed by atoms with Crippen LogP contribution in [0, 0.1) is 0 Å². The minimum atomic E-state index is -4.03. The van der Waals surface area contributed by atoms with Gasteiger partial charge in [-0.05, 0) is 29.3 Å². The second-order valence-corrected chi connectivity index (χ2v) is 10.6. The Hall–Kier alpha value is -1.52. The lowest BCUT2D eigenvalue weighted by atomic mass is 10.1. The molecular formula is C17H21NO6S2. The van der Waals surface area contributed by atoms with Gasteiger partial charge in [0.2, 0.25) is 10.0 Å². The number of hydrogen-bond donors (Lipinski definition) is 2. The molecule has 0 radical (unpaired) electrons. The third-order valence-corrected chi connectivity index (χ3v) is 8.21. The molecule has 1 saturated heterocycles. The van der Waals surface area contributed by atoms with Gasteiger partial charge < -0.3 is 10.2 Å². The molecule has 0 aliphatic carbocycles. The maximum Gasteiger partial charge on any atom is 0.243 e. The van der Waals surface area contributed by atoms with Gasteiger partial charge in [-0.2, -0.15) is 4.31 Å². The Kier molecular flexibility index (Phi) is 5.36. The lowest BCUT2D eigenvalue weighted by Gasteiger charge is -2.29. The third-order valence-electron chi connectivity index (χ3n) is 4.54. The first-order valence-corrected chi connectivity index (χ1v) is 11.5. The lowest BCUT2D eigenvalue weighted by Crippen LogP contribution is -2.46. The molecule has 0 aromatic heterocycles. The van der Waals surface area contributed by atoms with Crippen LogP contribution in [0.1, 0.15) is 6.42 Å². The fourth-order valence-corrected chi connectivity index (χ4v) is 6.73. The van der Waals surface area contributed by atoms with Crippen LogP contribution in [0.2, 0.25) is 0 Å². The van der Waals surface area contributed by atoms with Crippen LogP contribution in [0.4, 0.5) is 0 Å². The predicted octanol–water partition coefficient (Wildman–Crippen LogP) is 0.371. The summed E-state index contributed by atoms with van der Waals surface area (Å²) < 4.78 is 51.0. The molecule has 0 unspecified atom stereocenters. The summed E-state index contributed by atoms with van der Waals surface area (Å²) in [7, 11) is -7.34. The van der Waals surface area contributed by atoms with E-state index in [1.54, 1.807) is 18.2 Å². The first kappa shape index (κ1) is 19.2. The molecule has 9 heteroatoms. The number of sulfonamides is 1. The van der Waals surface area contributed by atoms with E-state index in [4.69, 9.17) is 5.11 Å². The van der Waals surface area contributed by atoms with Crippen molar-refractivity contribution >= 4 is 30.6 Å². The maximum atomic E-state index is 13.2. The summed E-state index contributed by atoms with van der Waals surface area (Å²) in [5, 5.41) is 20.5. The van der Waals surface area contributed by atoms with E-state index in [2.05, 4.69) is 0 Å². The van der Waals surface area contributed by atoms with Gasteiger partial charge in [-0.3, -0.25) is 0 Å². The molecule has 1 fully saturated rings. The minimum Gasteiger partial charge on any atom is -0.394 e. The van der Waals surface area contributed by atoms with Crippen molar-refractivity contribution in [3.8, 4) is 0 Å². The molecule has 3 rings (SSSR count). The number of aliphatic hydroxyl groups is 2. The highest BCUT2D eigenvalue weighted by molar-refractivity contribution is 7.92. The molecule has 1 heterocycles. The van der Waals surface area contributed by atoms with Crippen molar-refractivity contribution in [2.45, 2.75) is 23.5 Å². The molecule has 1 aliphatic heterocycles. The Morgan fingerprint density at radius 1 is 1.15 bits per heavy atom. The van der Waals surface area contributed by atoms with Crippen molar-refractivity contribution in [2.24, 2.45) is 0 Å². The number of rotatable bonds is 6. The average Bonchev–Trinajstić information content (AvgIpc) is 2.98. The molecule has 2 aromatic carbocycles. The number of nitrogens with zero attached hydrogens (tertiary/aromatic N) is 1. The summed E-state index contributed by atoms with van der Waals surface area (Å²) in [6.45, 7) is -0.963. The first-order valence-electron chi connectivity index (χ1n) is 8.23. The van der Waals surface area contributed by atoms with Gasteiger partial charge in [0.25, 0.3) is 0 Å². The second-order valence-electron chi connectivity index (χ2n) is 6.48. The van der Waals surface area contributed by atoms with Gasteiger partial charge in [-0.15, -0.1) is 0 Å². The smallest absolute Gasteiger partial charge is 0.243 e. The molecule has 0 saturated carbocycles. The van der Waals surface area contributed by atoms with Gasteiger partial charge in [0.15, 0.2) is 9.84 Å². The number of sulfone groups is 1. The van der Waals surface area contributed by atoms with Crippen LogP contribution in [0.25, 0.3) is 10.8 Å². The topological polar surface area (TPSA) is 112 Å². The molecule has 7 nitrogen and oxygen atoms in total. The Morgan fingerprint density at radius 2 is 1.85 bits per heavy atom. The molecule has 0 amide bonds. The van der Waals surface area contributed by atoms with Gasteiger partial charge >= 0.3 is 0 Å². The van der Waals surface area contributed by atoms with Crippen molar-refractivity contribution < 1.29 is 27.0 Å². The Labute approximate surface area is 152 Å². The van der Waals surface area contributed by atoms with E-state index in [0.717, 1.165) is 15.1 Å². The Balaban J connectivity index is 2.02. The van der Waals surface area contributed by atoms with Crippen molar-refractivity contribution in [1.82, 2.24) is 4.31 Å². The lowest BCUT2D eigenvalue weighted by molar-refractivity contribution is 0.0730. The normalized spacial score (nSPS) is 21.3. The fourth-order valence-electron chi connectivity index (χ4n) is 3.17. The highest BCUT2D eigenvalue weighted by Gasteiger charge is 2.39. The van der Waals surface area contributed by atoms with Crippen molar-refractivity contribution in [3.05, 3.63) is 42.5 Å². The summed E-state index contributed by atoms with van der Waals surface area (Å²) in [5.74, 6) is -0.366. The zero-order valence-electron chi connectivity index (χ0n) is 14.0. The third kappa shape index (κ3) is 3.91. The van der Waals surface area contributed by atoms with Crippen LogP contribution < -0.4 is 0 Å². The molecule has 142 valence electrons. The van der Waals surface area contributed by atoms with Crippen molar-refractivity contribution in [3.63, 3.8) is 0 Å². The molecular weight excluding hydrogens is 378 g/mol.